The number of hydrogen-bond donors (Lipinski definition) is 10. The number of likely N-dealkylation sites (tertiary alicyclic amines) is 3. The van der Waals surface area contributed by atoms with E-state index in [0.717, 1.165) is 33.8 Å². The molecule has 4 aromatic rings. The number of likely N-dealkylation sites (N-methyl/N-ethyl adjacent to an activating group) is 2. The van der Waals surface area contributed by atoms with Crippen molar-refractivity contribution in [3.63, 3.8) is 0 Å². The Kier molecular flexibility index (Phi) is 26.0. The van der Waals surface area contributed by atoms with Crippen molar-refractivity contribution in [3.8, 4) is 22.5 Å². The van der Waals surface area contributed by atoms with Crippen molar-refractivity contribution >= 4 is 102 Å². The number of thiazole rings is 2. The van der Waals surface area contributed by atoms with Gasteiger partial charge in [0.25, 0.3) is 0 Å². The molecule has 0 unspecified atom stereocenters. The standard InChI is InChI=1S/C65H91N15O10S2/c1-7-19-48(81)70-63-74-50(41-21-11-9-12-22-41)59(91-63)76-57(86)46-25-17-35-79(46)61(88)52(72-54(83)39(3)66-5)43-27-29-45(30-28-43)56(85)68-33-15-16-34-69-65(90)78-37-31-44(32-38-78)53(73-55(84)40(4)67-6)62(89)80-36-18-26-47(80)58(87)77-60-51(42-23-13-10-14-24-42)75-64(92-60)71-49(82)20-8-2/h9-14,21-24,39-40,43-47,52-53,66-67H,7-8,15-20,25-38H2,1-6H3,(H,68,85)(H,69,90)(H,72,83)(H,73,84)(H,76,86)(H,77,87)(H,70,74,81)(H,71,75,82)/t39-,40-,43?,45?,46-,47-,52-,53-/m0/s1. The monoisotopic (exact) mass is 1310 g/mol. The molecule has 10 N–H and O–H groups in total. The Morgan fingerprint density at radius 2 is 0.946 bits per heavy atom. The predicted molar refractivity (Wildman–Crippen MR) is 355 cm³/mol. The minimum absolute atomic E-state index is 0.0948. The summed E-state index contributed by atoms with van der Waals surface area (Å²) < 4.78 is 0. The third-order valence-electron chi connectivity index (χ3n) is 17.8. The molecule has 6 atom stereocenters. The van der Waals surface area contributed by atoms with E-state index in [4.69, 9.17) is 0 Å². The van der Waals surface area contributed by atoms with Crippen molar-refractivity contribution in [1.82, 2.24) is 56.6 Å². The van der Waals surface area contributed by atoms with Gasteiger partial charge >= 0.3 is 6.03 Å². The van der Waals surface area contributed by atoms with Crippen LogP contribution in [0.4, 0.5) is 25.1 Å². The van der Waals surface area contributed by atoms with E-state index in [1.807, 2.05) is 74.5 Å². The summed E-state index contributed by atoms with van der Waals surface area (Å²) in [5.74, 6) is -3.58. The Bertz CT molecular complexity index is 3000. The number of nitrogens with zero attached hydrogens (tertiary/aromatic N) is 5. The fourth-order valence-electron chi connectivity index (χ4n) is 12.3. The second-order valence-corrected chi connectivity index (χ2v) is 26.2. The largest absolute Gasteiger partial charge is 0.356 e. The highest BCUT2D eigenvalue weighted by molar-refractivity contribution is 7.20. The number of piperidine rings is 1. The molecule has 27 heteroatoms. The van der Waals surface area contributed by atoms with E-state index in [9.17, 15) is 47.9 Å². The van der Waals surface area contributed by atoms with Crippen LogP contribution >= 0.6 is 22.7 Å². The number of carbonyl (C=O) groups is 10. The topological polar surface area (TPSA) is 326 Å². The summed E-state index contributed by atoms with van der Waals surface area (Å²) in [5.41, 5.74) is 2.49. The van der Waals surface area contributed by atoms with Gasteiger partial charge in [-0.1, -0.05) is 97.2 Å². The highest BCUT2D eigenvalue weighted by Gasteiger charge is 2.45. The normalized spacial score (nSPS) is 19.6. The Morgan fingerprint density at radius 3 is 1.37 bits per heavy atom. The van der Waals surface area contributed by atoms with Crippen LogP contribution in [0.25, 0.3) is 22.5 Å². The van der Waals surface area contributed by atoms with Crippen LogP contribution in [0.3, 0.4) is 0 Å². The van der Waals surface area contributed by atoms with Crippen LogP contribution in [0.1, 0.15) is 130 Å². The third kappa shape index (κ3) is 18.5. The third-order valence-corrected chi connectivity index (χ3v) is 19.6. The first-order chi connectivity index (χ1) is 44.4. The van der Waals surface area contributed by atoms with Gasteiger partial charge in [0.05, 0.1) is 12.1 Å². The van der Waals surface area contributed by atoms with E-state index in [1.54, 1.807) is 42.6 Å². The number of urea groups is 1. The van der Waals surface area contributed by atoms with Crippen molar-refractivity contribution in [3.05, 3.63) is 60.7 Å². The zero-order valence-corrected chi connectivity index (χ0v) is 55.3. The maximum Gasteiger partial charge on any atom is 0.317 e. The van der Waals surface area contributed by atoms with Crippen LogP contribution in [0.5, 0.6) is 0 Å². The SMILES string of the molecule is CCCC(=O)Nc1nc(-c2ccccc2)c(NC(=O)[C@@H]2CCCN2C(=O)[C@@H](NC(=O)[C@H](C)NC)C2CCC(C(=O)NCCCCNC(=O)N3CCC([C@H](NC(=O)[C@H](C)NC)C(=O)N4CCC[C@H]4C(=O)Nc4sc(NC(=O)CCC)nc4-c4ccccc4)CC3)CC2)s1. The predicted octanol–water partition coefficient (Wildman–Crippen LogP) is 6.28. The molecule has 0 spiro atoms. The number of anilines is 4. The second kappa shape index (κ2) is 34.1. The number of aromatic nitrogens is 2. The molecule has 25 nitrogen and oxygen atoms in total. The molecule has 3 saturated heterocycles. The molecule has 3 aliphatic heterocycles. The van der Waals surface area contributed by atoms with E-state index < -0.39 is 48.1 Å². The van der Waals surface area contributed by atoms with Crippen molar-refractivity contribution < 1.29 is 47.9 Å². The molecule has 4 aliphatic rings. The second-order valence-electron chi connectivity index (χ2n) is 24.2. The first-order valence-corrected chi connectivity index (χ1v) is 34.2. The van der Waals surface area contributed by atoms with E-state index in [2.05, 4.69) is 63.1 Å². The van der Waals surface area contributed by atoms with Crippen LogP contribution in [-0.4, -0.2) is 173 Å². The van der Waals surface area contributed by atoms with Crippen LogP contribution in [0.15, 0.2) is 60.7 Å². The number of amides is 11. The lowest BCUT2D eigenvalue weighted by molar-refractivity contribution is -0.142. The van der Waals surface area contributed by atoms with Crippen LogP contribution in [0.2, 0.25) is 0 Å². The summed E-state index contributed by atoms with van der Waals surface area (Å²) >= 11 is 2.30. The molecule has 1 saturated carbocycles. The molecule has 498 valence electrons. The lowest BCUT2D eigenvalue weighted by Gasteiger charge is -2.38. The number of carbonyl (C=O) groups excluding carboxylic acids is 10. The fourth-order valence-corrected chi connectivity index (χ4v) is 14.1. The van der Waals surface area contributed by atoms with Gasteiger partial charge in [-0.05, 0) is 130 Å². The highest BCUT2D eigenvalue weighted by atomic mass is 32.1. The van der Waals surface area contributed by atoms with Gasteiger partial charge < -0.3 is 67.9 Å². The van der Waals surface area contributed by atoms with Crippen molar-refractivity contribution in [2.45, 2.75) is 167 Å². The average molecular weight is 1310 g/mol. The lowest BCUT2D eigenvalue weighted by Crippen LogP contribution is -2.59. The molecule has 2 aromatic heterocycles. The Labute approximate surface area is 546 Å². The zero-order valence-electron chi connectivity index (χ0n) is 53.7. The lowest BCUT2D eigenvalue weighted by atomic mass is 9.77. The van der Waals surface area contributed by atoms with E-state index >= 15 is 0 Å². The van der Waals surface area contributed by atoms with Gasteiger partial charge in [0.1, 0.15) is 45.6 Å². The number of rotatable bonds is 28. The van der Waals surface area contributed by atoms with Crippen molar-refractivity contribution in [2.75, 3.05) is 74.6 Å². The maximum absolute atomic E-state index is 14.7. The number of benzene rings is 2. The number of hydrogen-bond acceptors (Lipinski definition) is 16. The average Bonchev–Trinajstić information content (AvgIpc) is 1.91. The molecular formula is C65H91N15O10S2. The van der Waals surface area contributed by atoms with Crippen LogP contribution in [-0.2, 0) is 43.2 Å². The molecule has 92 heavy (non-hydrogen) atoms. The summed E-state index contributed by atoms with van der Waals surface area (Å²) in [6, 6.07) is 13.7. The molecule has 8 rings (SSSR count). The van der Waals surface area contributed by atoms with Gasteiger partial charge in [0.2, 0.25) is 53.2 Å². The molecule has 2 aromatic carbocycles. The molecule has 0 bridgehead atoms. The molecule has 1 aliphatic carbocycles. The van der Waals surface area contributed by atoms with Gasteiger partial charge in [-0.2, -0.15) is 0 Å². The molecule has 11 amide bonds. The van der Waals surface area contributed by atoms with Gasteiger partial charge in [0.15, 0.2) is 10.3 Å². The van der Waals surface area contributed by atoms with Crippen LogP contribution < -0.4 is 53.2 Å². The minimum Gasteiger partial charge on any atom is -0.356 e. The van der Waals surface area contributed by atoms with Gasteiger partial charge in [0, 0.05) is 69.2 Å². The summed E-state index contributed by atoms with van der Waals surface area (Å²) in [7, 11) is 3.32. The Hall–Kier alpha value is -7.88. The molecule has 4 fully saturated rings. The zero-order chi connectivity index (χ0) is 65.8. The van der Waals surface area contributed by atoms with Gasteiger partial charge in [-0.25, -0.2) is 14.8 Å². The van der Waals surface area contributed by atoms with E-state index in [0.29, 0.717) is 174 Å². The smallest absolute Gasteiger partial charge is 0.317 e. The van der Waals surface area contributed by atoms with E-state index in [1.165, 1.54) is 0 Å². The van der Waals surface area contributed by atoms with Crippen molar-refractivity contribution in [1.29, 1.82) is 0 Å². The number of unbranched alkanes of at least 4 members (excludes halogenated alkanes) is 1. The minimum atomic E-state index is -0.948. The molecular weight excluding hydrogens is 1210 g/mol. The molecule has 0 radical (unpaired) electrons. The highest BCUT2D eigenvalue weighted by Crippen LogP contribution is 2.39. The fraction of sp³-hybridized carbons (Fsp3) is 0.569. The van der Waals surface area contributed by atoms with E-state index in [-0.39, 0.29) is 65.1 Å². The van der Waals surface area contributed by atoms with Crippen LogP contribution in [0, 0.1) is 17.8 Å². The maximum atomic E-state index is 14.7. The van der Waals surface area contributed by atoms with Crippen molar-refractivity contribution in [2.24, 2.45) is 17.8 Å². The Morgan fingerprint density at radius 1 is 0.522 bits per heavy atom. The quantitative estimate of drug-likeness (QED) is 0.0280. The summed E-state index contributed by atoms with van der Waals surface area (Å²) in [6.07, 6.45) is 8.01. The van der Waals surface area contributed by atoms with Gasteiger partial charge in [-0.3, -0.25) is 43.2 Å². The Balaban J connectivity index is 0.792. The first-order valence-electron chi connectivity index (χ1n) is 32.6. The summed E-state index contributed by atoms with van der Waals surface area (Å²) in [4.78, 5) is 151. The van der Waals surface area contributed by atoms with Gasteiger partial charge in [-0.15, -0.1) is 0 Å². The number of nitrogens with one attached hydrogen (secondary N) is 10. The summed E-state index contributed by atoms with van der Waals surface area (Å²) in [6.45, 7) is 9.30. The summed E-state index contributed by atoms with van der Waals surface area (Å²) in [5, 5.41) is 31.2. The molecule has 5 heterocycles. The first kappa shape index (κ1) is 70.0.